The Bertz CT molecular complexity index is 357. The van der Waals surface area contributed by atoms with Gasteiger partial charge in [-0.3, -0.25) is 4.79 Å². The van der Waals surface area contributed by atoms with Gasteiger partial charge in [0.1, 0.15) is 6.04 Å². The Kier molecular flexibility index (Phi) is 3.87. The fourth-order valence-electron chi connectivity index (χ4n) is 2.20. The molecule has 2 unspecified atom stereocenters. The number of rotatable bonds is 4. The average molecular weight is 272 g/mol. The second-order valence-electron chi connectivity index (χ2n) is 5.43. The molecule has 0 spiro atoms. The molecule has 18 heavy (non-hydrogen) atoms. The molecule has 0 aromatic carbocycles. The molecule has 3 N–H and O–H groups in total. The lowest BCUT2D eigenvalue weighted by Gasteiger charge is -2.31. The minimum Gasteiger partial charge on any atom is -0.480 e. The van der Waals surface area contributed by atoms with Crippen LogP contribution in [0, 0.1) is 11.8 Å². The van der Waals surface area contributed by atoms with Crippen LogP contribution in [0.15, 0.2) is 0 Å². The molecule has 3 atom stereocenters. The van der Waals surface area contributed by atoms with Gasteiger partial charge in [-0.1, -0.05) is 13.8 Å². The normalized spacial score (nSPS) is 29.7. The fraction of sp³-hybridized carbons (Fsp3) is 0.833. The number of amides is 1. The summed E-state index contributed by atoms with van der Waals surface area (Å²) in [4.78, 5) is 25.2. The van der Waals surface area contributed by atoms with Crippen LogP contribution in [-0.4, -0.2) is 45.1 Å². The van der Waals surface area contributed by atoms with E-state index in [2.05, 4.69) is 0 Å². The predicted molar refractivity (Wildman–Crippen MR) is 70.1 cm³/mol. The number of carbonyl (C=O) groups is 2. The highest BCUT2D eigenvalue weighted by Gasteiger charge is 2.49. The molecular weight excluding hydrogens is 252 g/mol. The molecule has 1 saturated heterocycles. The summed E-state index contributed by atoms with van der Waals surface area (Å²) in [5.41, 5.74) is 5.89. The van der Waals surface area contributed by atoms with Gasteiger partial charge in [0, 0.05) is 5.75 Å². The summed E-state index contributed by atoms with van der Waals surface area (Å²) in [6.45, 7) is 3.77. The van der Waals surface area contributed by atoms with Crippen molar-refractivity contribution in [3.05, 3.63) is 0 Å². The van der Waals surface area contributed by atoms with E-state index in [1.807, 2.05) is 13.8 Å². The van der Waals surface area contributed by atoms with Crippen LogP contribution in [0.3, 0.4) is 0 Å². The van der Waals surface area contributed by atoms with Crippen molar-refractivity contribution in [2.24, 2.45) is 17.6 Å². The second kappa shape index (κ2) is 5.09. The van der Waals surface area contributed by atoms with E-state index in [1.165, 1.54) is 4.90 Å². The second-order valence-corrected chi connectivity index (χ2v) is 6.58. The molecule has 1 amide bonds. The highest BCUT2D eigenvalue weighted by atomic mass is 32.2. The quantitative estimate of drug-likeness (QED) is 0.788. The molecule has 0 bridgehead atoms. The van der Waals surface area contributed by atoms with Crippen LogP contribution < -0.4 is 5.73 Å². The van der Waals surface area contributed by atoms with E-state index in [1.54, 1.807) is 11.8 Å². The molecule has 1 aliphatic heterocycles. The van der Waals surface area contributed by atoms with Crippen molar-refractivity contribution in [1.82, 2.24) is 4.90 Å². The van der Waals surface area contributed by atoms with Crippen molar-refractivity contribution >= 4 is 23.6 Å². The number of nitrogens with zero attached hydrogens (tertiary/aromatic N) is 1. The molecule has 1 saturated carbocycles. The molecule has 102 valence electrons. The van der Waals surface area contributed by atoms with Gasteiger partial charge in [-0.2, -0.15) is 0 Å². The largest absolute Gasteiger partial charge is 0.480 e. The lowest BCUT2D eigenvalue weighted by Crippen LogP contribution is -2.54. The van der Waals surface area contributed by atoms with Crippen LogP contribution in [0.4, 0.5) is 0 Å². The molecule has 1 aliphatic carbocycles. The summed E-state index contributed by atoms with van der Waals surface area (Å²) < 4.78 is 0. The molecule has 2 aliphatic rings. The molecule has 2 rings (SSSR count). The van der Waals surface area contributed by atoms with Gasteiger partial charge in [0.25, 0.3) is 0 Å². The van der Waals surface area contributed by atoms with Crippen LogP contribution in [-0.2, 0) is 9.59 Å². The smallest absolute Gasteiger partial charge is 0.327 e. The number of hydrogen-bond acceptors (Lipinski definition) is 4. The fourth-order valence-corrected chi connectivity index (χ4v) is 3.84. The van der Waals surface area contributed by atoms with Gasteiger partial charge in [-0.25, -0.2) is 4.79 Å². The Balaban J connectivity index is 2.17. The summed E-state index contributed by atoms with van der Waals surface area (Å²) >= 11 is 1.58. The highest BCUT2D eigenvalue weighted by Crippen LogP contribution is 2.45. The van der Waals surface area contributed by atoms with E-state index >= 15 is 0 Å². The van der Waals surface area contributed by atoms with Crippen molar-refractivity contribution in [2.45, 2.75) is 44.1 Å². The molecule has 2 fully saturated rings. The molecular formula is C12H20N2O3S. The maximum atomic E-state index is 12.4. The van der Waals surface area contributed by atoms with Gasteiger partial charge in [-0.05, 0) is 24.7 Å². The Morgan fingerprint density at radius 3 is 2.44 bits per heavy atom. The zero-order valence-electron chi connectivity index (χ0n) is 10.7. The van der Waals surface area contributed by atoms with E-state index < -0.39 is 18.1 Å². The first-order valence-electron chi connectivity index (χ1n) is 6.35. The summed E-state index contributed by atoms with van der Waals surface area (Å²) in [6.07, 6.45) is 2.18. The van der Waals surface area contributed by atoms with E-state index in [-0.39, 0.29) is 17.2 Å². The maximum Gasteiger partial charge on any atom is 0.327 e. The van der Waals surface area contributed by atoms with Gasteiger partial charge in [0.2, 0.25) is 5.91 Å². The zero-order valence-corrected chi connectivity index (χ0v) is 11.5. The number of aliphatic carboxylic acids is 1. The molecule has 5 nitrogen and oxygen atoms in total. The zero-order chi connectivity index (χ0) is 13.4. The summed E-state index contributed by atoms with van der Waals surface area (Å²) in [7, 11) is 0. The van der Waals surface area contributed by atoms with Crippen LogP contribution in [0.25, 0.3) is 0 Å². The number of carboxylic acid groups (broad SMARTS) is 1. The molecule has 0 radical (unpaired) electrons. The summed E-state index contributed by atoms with van der Waals surface area (Å²) in [5.74, 6) is -0.165. The van der Waals surface area contributed by atoms with Gasteiger partial charge in [-0.15, -0.1) is 11.8 Å². The standard InChI is InChI=1S/C12H20N2O3S/c1-6(2)9(13)10(15)14-8(12(16)17)5-18-11(14)7-3-4-7/h6-9,11H,3-5,13H2,1-2H3,(H,16,17)/t8?,9-,11?/m1/s1. The van der Waals surface area contributed by atoms with Gasteiger partial charge < -0.3 is 15.7 Å². The Morgan fingerprint density at radius 2 is 2.00 bits per heavy atom. The Labute approximate surface area is 111 Å². The lowest BCUT2D eigenvalue weighted by molar-refractivity contribution is -0.150. The number of thioether (sulfide) groups is 1. The number of nitrogens with two attached hydrogens (primary N) is 1. The van der Waals surface area contributed by atoms with Crippen molar-refractivity contribution in [3.8, 4) is 0 Å². The third-order valence-electron chi connectivity index (χ3n) is 3.60. The van der Waals surface area contributed by atoms with Crippen LogP contribution in [0.5, 0.6) is 0 Å². The maximum absolute atomic E-state index is 12.4. The minimum atomic E-state index is -0.921. The van der Waals surface area contributed by atoms with E-state index in [0.29, 0.717) is 11.7 Å². The predicted octanol–water partition coefficient (Wildman–Crippen LogP) is 0.734. The van der Waals surface area contributed by atoms with Crippen molar-refractivity contribution in [2.75, 3.05) is 5.75 Å². The van der Waals surface area contributed by atoms with Crippen molar-refractivity contribution in [3.63, 3.8) is 0 Å². The van der Waals surface area contributed by atoms with Crippen LogP contribution >= 0.6 is 11.8 Å². The number of carboxylic acids is 1. The van der Waals surface area contributed by atoms with Gasteiger partial charge in [0.05, 0.1) is 11.4 Å². The Morgan fingerprint density at radius 1 is 1.39 bits per heavy atom. The monoisotopic (exact) mass is 272 g/mol. The lowest BCUT2D eigenvalue weighted by atomic mass is 10.0. The molecule has 6 heteroatoms. The summed E-state index contributed by atoms with van der Waals surface area (Å²) in [5, 5.41) is 9.24. The third kappa shape index (κ3) is 2.49. The van der Waals surface area contributed by atoms with E-state index in [4.69, 9.17) is 5.73 Å². The SMILES string of the molecule is CC(C)[C@@H](N)C(=O)N1C(C(=O)O)CSC1C1CC1. The van der Waals surface area contributed by atoms with Crippen LogP contribution in [0.2, 0.25) is 0 Å². The molecule has 1 heterocycles. The number of carbonyl (C=O) groups excluding carboxylic acids is 1. The van der Waals surface area contributed by atoms with Crippen LogP contribution in [0.1, 0.15) is 26.7 Å². The van der Waals surface area contributed by atoms with E-state index in [9.17, 15) is 14.7 Å². The third-order valence-corrected chi connectivity index (χ3v) is 5.06. The first-order chi connectivity index (χ1) is 8.43. The molecule has 0 aromatic heterocycles. The minimum absolute atomic E-state index is 0.0170. The van der Waals surface area contributed by atoms with Crippen molar-refractivity contribution in [1.29, 1.82) is 0 Å². The first-order valence-corrected chi connectivity index (χ1v) is 7.40. The number of hydrogen-bond donors (Lipinski definition) is 2. The Hall–Kier alpha value is -0.750. The molecule has 0 aromatic rings. The average Bonchev–Trinajstić information content (AvgIpc) is 3.05. The topological polar surface area (TPSA) is 83.6 Å². The van der Waals surface area contributed by atoms with E-state index in [0.717, 1.165) is 12.8 Å². The summed E-state index contributed by atoms with van der Waals surface area (Å²) in [6, 6.07) is -1.32. The van der Waals surface area contributed by atoms with Crippen molar-refractivity contribution < 1.29 is 14.7 Å². The first kappa shape index (κ1) is 13.7. The van der Waals surface area contributed by atoms with Gasteiger partial charge >= 0.3 is 5.97 Å². The van der Waals surface area contributed by atoms with Gasteiger partial charge in [0.15, 0.2) is 0 Å². The highest BCUT2D eigenvalue weighted by molar-refractivity contribution is 8.00.